The average molecular weight is 242 g/mol. The van der Waals surface area contributed by atoms with Crippen LogP contribution in [-0.4, -0.2) is 0 Å². The molecule has 0 saturated carbocycles. The predicted octanol–water partition coefficient (Wildman–Crippen LogP) is 3.44. The Morgan fingerprint density at radius 2 is 2.00 bits per heavy atom. The average Bonchev–Trinajstić information content (AvgIpc) is 2.33. The van der Waals surface area contributed by atoms with Crippen molar-refractivity contribution in [1.82, 2.24) is 5.43 Å². The van der Waals surface area contributed by atoms with Gasteiger partial charge in [-0.15, -0.1) is 0 Å². The third kappa shape index (κ3) is 4.40. The lowest BCUT2D eigenvalue weighted by molar-refractivity contribution is 0.457. The van der Waals surface area contributed by atoms with Crippen LogP contribution < -0.4 is 11.3 Å². The molecule has 3 N–H and O–H groups in total. The molecule has 0 saturated heterocycles. The zero-order chi connectivity index (χ0) is 12.7. The Bertz CT molecular complexity index is 342. The molecule has 1 rings (SSSR count). The molecule has 0 aliphatic rings. The summed E-state index contributed by atoms with van der Waals surface area (Å²) in [5.74, 6) is 4.55. The minimum atomic E-state index is -0.435. The molecular weight excluding hydrogens is 222 g/mol. The van der Waals surface area contributed by atoms with Gasteiger partial charge in [0.05, 0.1) is 0 Å². The first-order valence-corrected chi connectivity index (χ1v) is 6.10. The molecule has 0 radical (unpaired) electrons. The Balaban J connectivity index is 2.62. The summed E-state index contributed by atoms with van der Waals surface area (Å²) in [5.41, 5.74) is 2.87. The highest BCUT2D eigenvalue weighted by Crippen LogP contribution is 2.23. The van der Waals surface area contributed by atoms with E-state index in [2.05, 4.69) is 12.3 Å². The maximum Gasteiger partial charge on any atom is 0.128 e. The van der Waals surface area contributed by atoms with Crippen LogP contribution >= 0.6 is 0 Å². The van der Waals surface area contributed by atoms with E-state index < -0.39 is 11.6 Å². The quantitative estimate of drug-likeness (QED) is 0.436. The fourth-order valence-electron chi connectivity index (χ4n) is 1.89. The van der Waals surface area contributed by atoms with Gasteiger partial charge in [0.2, 0.25) is 0 Å². The Labute approximate surface area is 101 Å². The van der Waals surface area contributed by atoms with Crippen molar-refractivity contribution in [3.05, 3.63) is 35.4 Å². The van der Waals surface area contributed by atoms with Gasteiger partial charge in [-0.05, 0) is 24.6 Å². The van der Waals surface area contributed by atoms with Gasteiger partial charge in [-0.2, -0.15) is 0 Å². The molecule has 1 aromatic rings. The van der Waals surface area contributed by atoms with Crippen molar-refractivity contribution in [3.63, 3.8) is 0 Å². The lowest BCUT2D eigenvalue weighted by atomic mass is 10.00. The Hall–Kier alpha value is -1.00. The highest BCUT2D eigenvalue weighted by molar-refractivity contribution is 5.22. The van der Waals surface area contributed by atoms with Crippen molar-refractivity contribution in [2.24, 2.45) is 5.84 Å². The van der Waals surface area contributed by atoms with Crippen LogP contribution in [0.25, 0.3) is 0 Å². The number of hydrazine groups is 1. The van der Waals surface area contributed by atoms with E-state index in [1.807, 2.05) is 0 Å². The number of halogens is 2. The van der Waals surface area contributed by atoms with Crippen molar-refractivity contribution in [3.8, 4) is 0 Å². The molecule has 0 bridgehead atoms. The minimum Gasteiger partial charge on any atom is -0.271 e. The molecule has 0 amide bonds. The van der Waals surface area contributed by atoms with Gasteiger partial charge < -0.3 is 0 Å². The normalized spacial score (nSPS) is 12.7. The van der Waals surface area contributed by atoms with Crippen LogP contribution in [0.4, 0.5) is 8.78 Å². The number of hydrogen-bond acceptors (Lipinski definition) is 2. The molecule has 96 valence electrons. The first kappa shape index (κ1) is 14.1. The number of nitrogens with one attached hydrogen (secondary N) is 1. The molecule has 4 heteroatoms. The second-order valence-electron chi connectivity index (χ2n) is 4.23. The van der Waals surface area contributed by atoms with E-state index in [0.717, 1.165) is 44.2 Å². The van der Waals surface area contributed by atoms with Crippen LogP contribution in [-0.2, 0) is 0 Å². The van der Waals surface area contributed by atoms with Crippen molar-refractivity contribution < 1.29 is 8.78 Å². The second kappa shape index (κ2) is 7.35. The molecule has 0 fully saturated rings. The summed E-state index contributed by atoms with van der Waals surface area (Å²) >= 11 is 0. The van der Waals surface area contributed by atoms with Crippen LogP contribution in [0.3, 0.4) is 0 Å². The lowest BCUT2D eigenvalue weighted by Crippen LogP contribution is -2.28. The third-order valence-electron chi connectivity index (χ3n) is 2.88. The van der Waals surface area contributed by atoms with E-state index in [-0.39, 0.29) is 6.04 Å². The largest absolute Gasteiger partial charge is 0.271 e. The molecule has 17 heavy (non-hydrogen) atoms. The summed E-state index contributed by atoms with van der Waals surface area (Å²) in [7, 11) is 0. The van der Waals surface area contributed by atoms with E-state index in [1.54, 1.807) is 0 Å². The lowest BCUT2D eigenvalue weighted by Gasteiger charge is -2.17. The third-order valence-corrected chi connectivity index (χ3v) is 2.88. The first-order valence-electron chi connectivity index (χ1n) is 6.10. The zero-order valence-electron chi connectivity index (χ0n) is 10.2. The molecule has 0 aliphatic heterocycles. The van der Waals surface area contributed by atoms with E-state index in [4.69, 9.17) is 5.84 Å². The van der Waals surface area contributed by atoms with Crippen LogP contribution in [0.1, 0.15) is 50.6 Å². The summed E-state index contributed by atoms with van der Waals surface area (Å²) in [6.07, 6.45) is 5.07. The van der Waals surface area contributed by atoms with Crippen molar-refractivity contribution in [2.45, 2.75) is 45.1 Å². The summed E-state index contributed by atoms with van der Waals surface area (Å²) in [4.78, 5) is 0. The molecule has 0 heterocycles. The first-order chi connectivity index (χ1) is 8.19. The maximum atomic E-state index is 13.5. The smallest absolute Gasteiger partial charge is 0.128 e. The zero-order valence-corrected chi connectivity index (χ0v) is 10.2. The Morgan fingerprint density at radius 3 is 2.65 bits per heavy atom. The van der Waals surface area contributed by atoms with Gasteiger partial charge in [0, 0.05) is 11.6 Å². The van der Waals surface area contributed by atoms with E-state index >= 15 is 0 Å². The van der Waals surface area contributed by atoms with Crippen LogP contribution in [0.5, 0.6) is 0 Å². The second-order valence-corrected chi connectivity index (χ2v) is 4.23. The predicted molar refractivity (Wildman–Crippen MR) is 65.2 cm³/mol. The van der Waals surface area contributed by atoms with Gasteiger partial charge in [0.15, 0.2) is 0 Å². The minimum absolute atomic E-state index is 0.309. The molecule has 1 unspecified atom stereocenters. The summed E-state index contributed by atoms with van der Waals surface area (Å²) in [6, 6.07) is 3.15. The molecule has 1 aromatic carbocycles. The maximum absolute atomic E-state index is 13.5. The summed E-state index contributed by atoms with van der Waals surface area (Å²) < 4.78 is 26.6. The number of nitrogens with two attached hydrogens (primary N) is 1. The van der Waals surface area contributed by atoms with Crippen LogP contribution in [0, 0.1) is 11.6 Å². The van der Waals surface area contributed by atoms with Gasteiger partial charge in [-0.3, -0.25) is 11.3 Å². The molecule has 1 atom stereocenters. The van der Waals surface area contributed by atoms with E-state index in [1.165, 1.54) is 6.07 Å². The molecule has 0 spiro atoms. The van der Waals surface area contributed by atoms with Gasteiger partial charge in [-0.1, -0.05) is 32.6 Å². The monoisotopic (exact) mass is 242 g/mol. The van der Waals surface area contributed by atoms with Crippen LogP contribution in [0.15, 0.2) is 18.2 Å². The van der Waals surface area contributed by atoms with Gasteiger partial charge in [-0.25, -0.2) is 8.78 Å². The number of rotatable bonds is 7. The summed E-state index contributed by atoms with van der Waals surface area (Å²) in [5, 5.41) is 0. The van der Waals surface area contributed by atoms with Gasteiger partial charge in [0.1, 0.15) is 11.6 Å². The number of unbranched alkanes of at least 4 members (excludes halogenated alkanes) is 3. The van der Waals surface area contributed by atoms with E-state index in [9.17, 15) is 8.78 Å². The van der Waals surface area contributed by atoms with Gasteiger partial charge in [0.25, 0.3) is 0 Å². The fourth-order valence-corrected chi connectivity index (χ4v) is 1.89. The molecule has 2 nitrogen and oxygen atoms in total. The standard InChI is InChI=1S/C13H20F2N2/c1-2-3-4-5-6-13(17-16)11-9-10(14)7-8-12(11)15/h7-9,13,17H,2-6,16H2,1H3. The topological polar surface area (TPSA) is 38.0 Å². The number of benzene rings is 1. The summed E-state index contributed by atoms with van der Waals surface area (Å²) in [6.45, 7) is 2.13. The van der Waals surface area contributed by atoms with E-state index in [0.29, 0.717) is 5.56 Å². The highest BCUT2D eigenvalue weighted by atomic mass is 19.1. The Kier molecular flexibility index (Phi) is 6.08. The van der Waals surface area contributed by atoms with Gasteiger partial charge >= 0.3 is 0 Å². The fraction of sp³-hybridized carbons (Fsp3) is 0.538. The van der Waals surface area contributed by atoms with Crippen LogP contribution in [0.2, 0.25) is 0 Å². The molecule has 0 aliphatic carbocycles. The van der Waals surface area contributed by atoms with Crippen molar-refractivity contribution in [2.75, 3.05) is 0 Å². The molecular formula is C13H20F2N2. The highest BCUT2D eigenvalue weighted by Gasteiger charge is 2.14. The van der Waals surface area contributed by atoms with Crippen molar-refractivity contribution >= 4 is 0 Å². The van der Waals surface area contributed by atoms with Crippen molar-refractivity contribution in [1.29, 1.82) is 0 Å². The molecule has 0 aromatic heterocycles. The number of hydrogen-bond donors (Lipinski definition) is 2. The SMILES string of the molecule is CCCCCCC(NN)c1cc(F)ccc1F. The Morgan fingerprint density at radius 1 is 1.24 bits per heavy atom.